The van der Waals surface area contributed by atoms with E-state index in [2.05, 4.69) is 10.1 Å². The minimum Gasteiger partial charge on any atom is -0.493 e. The summed E-state index contributed by atoms with van der Waals surface area (Å²) in [5.41, 5.74) is 2.85. The molecule has 0 spiro atoms. The van der Waals surface area contributed by atoms with E-state index in [9.17, 15) is 4.79 Å². The summed E-state index contributed by atoms with van der Waals surface area (Å²) in [6.45, 7) is 2.18. The summed E-state index contributed by atoms with van der Waals surface area (Å²) in [6.07, 6.45) is 1.79. The summed E-state index contributed by atoms with van der Waals surface area (Å²) < 4.78 is 22.4. The van der Waals surface area contributed by atoms with Crippen molar-refractivity contribution >= 4 is 11.7 Å². The van der Waals surface area contributed by atoms with E-state index in [-0.39, 0.29) is 26.1 Å². The molecule has 0 aliphatic rings. The van der Waals surface area contributed by atoms with Crippen molar-refractivity contribution in [2.75, 3.05) is 7.11 Å². The van der Waals surface area contributed by atoms with Crippen LogP contribution in [-0.4, -0.2) is 28.9 Å². The van der Waals surface area contributed by atoms with E-state index in [1.165, 1.54) is 0 Å². The molecule has 4 aromatic rings. The smallest absolute Gasteiger partial charge is 0.303 e. The maximum absolute atomic E-state index is 11.0. The van der Waals surface area contributed by atoms with Gasteiger partial charge in [-0.25, -0.2) is 4.98 Å². The second-order valence-corrected chi connectivity index (χ2v) is 7.84. The molecule has 0 amide bonds. The Hall–Kier alpha value is -4.53. The van der Waals surface area contributed by atoms with E-state index in [0.717, 1.165) is 11.1 Å². The van der Waals surface area contributed by atoms with Crippen LogP contribution in [0, 0.1) is 6.92 Å². The van der Waals surface area contributed by atoms with E-state index in [1.54, 1.807) is 37.6 Å². The number of oxime groups is 1. The van der Waals surface area contributed by atoms with Gasteiger partial charge in [-0.1, -0.05) is 41.6 Å². The van der Waals surface area contributed by atoms with Gasteiger partial charge in [-0.2, -0.15) is 0 Å². The molecule has 0 unspecified atom stereocenters. The second-order valence-electron chi connectivity index (χ2n) is 7.84. The number of aryl methyl sites for hydroxylation is 1. The van der Waals surface area contributed by atoms with E-state index in [1.807, 2.05) is 43.3 Å². The Kier molecular flexibility index (Phi) is 8.02. The third-order valence-corrected chi connectivity index (χ3v) is 5.31. The normalized spacial score (nSPS) is 11.3. The van der Waals surface area contributed by atoms with Crippen LogP contribution in [0.25, 0.3) is 11.7 Å². The number of rotatable bonds is 12. The number of nitrogens with zero attached hydrogens (tertiary/aromatic N) is 2. The number of ether oxygens (including phenoxy) is 2. The van der Waals surface area contributed by atoms with E-state index in [4.69, 9.17) is 28.3 Å². The quantitative estimate of drug-likeness (QED) is 0.201. The maximum atomic E-state index is 11.0. The predicted molar refractivity (Wildman–Crippen MR) is 131 cm³/mol. The lowest BCUT2D eigenvalue weighted by Gasteiger charge is -2.12. The van der Waals surface area contributed by atoms with Crippen molar-refractivity contribution in [3.8, 4) is 23.1 Å². The number of carbonyl (C=O) groups is 1. The van der Waals surface area contributed by atoms with Gasteiger partial charge in [0.25, 0.3) is 5.89 Å². The van der Waals surface area contributed by atoms with Crippen LogP contribution in [0.4, 0.5) is 0 Å². The molecular formula is C27H26N2O7. The monoisotopic (exact) mass is 490 g/mol. The van der Waals surface area contributed by atoms with Crippen molar-refractivity contribution in [3.05, 3.63) is 89.5 Å². The molecule has 2 aromatic heterocycles. The molecule has 4 rings (SSSR count). The SMILES string of the molecule is COc1cc(CO/N=C(\CCC(=O)O)c2ccccc2)ccc1OCc1nc(-c2ccco2)oc1C. The molecule has 186 valence electrons. The zero-order chi connectivity index (χ0) is 25.3. The number of aromatic nitrogens is 1. The maximum Gasteiger partial charge on any atom is 0.303 e. The van der Waals surface area contributed by atoms with Gasteiger partial charge in [0.15, 0.2) is 17.3 Å². The highest BCUT2D eigenvalue weighted by atomic mass is 16.6. The number of hydrogen-bond donors (Lipinski definition) is 1. The summed E-state index contributed by atoms with van der Waals surface area (Å²) in [5, 5.41) is 13.2. The highest BCUT2D eigenvalue weighted by Crippen LogP contribution is 2.30. The molecule has 2 aromatic carbocycles. The Morgan fingerprint density at radius 1 is 1.03 bits per heavy atom. The van der Waals surface area contributed by atoms with Crippen molar-refractivity contribution in [2.45, 2.75) is 33.0 Å². The Bertz CT molecular complexity index is 1310. The van der Waals surface area contributed by atoms with E-state index < -0.39 is 5.97 Å². The molecule has 0 radical (unpaired) electrons. The van der Waals surface area contributed by atoms with Crippen LogP contribution < -0.4 is 9.47 Å². The molecular weight excluding hydrogens is 464 g/mol. The highest BCUT2D eigenvalue weighted by Gasteiger charge is 2.15. The molecule has 0 saturated heterocycles. The molecule has 0 saturated carbocycles. The largest absolute Gasteiger partial charge is 0.493 e. The van der Waals surface area contributed by atoms with Gasteiger partial charge < -0.3 is 28.3 Å². The highest BCUT2D eigenvalue weighted by molar-refractivity contribution is 6.01. The molecule has 0 bridgehead atoms. The van der Waals surface area contributed by atoms with Crippen LogP contribution in [0.3, 0.4) is 0 Å². The minimum atomic E-state index is -0.892. The summed E-state index contributed by atoms with van der Waals surface area (Å²) in [5.74, 6) is 1.76. The van der Waals surface area contributed by atoms with Crippen LogP contribution in [0.15, 0.2) is 80.9 Å². The first-order valence-corrected chi connectivity index (χ1v) is 11.3. The van der Waals surface area contributed by atoms with Gasteiger partial charge in [0, 0.05) is 6.42 Å². The molecule has 0 atom stereocenters. The number of hydrogen-bond acceptors (Lipinski definition) is 8. The number of furan rings is 1. The van der Waals surface area contributed by atoms with Gasteiger partial charge in [-0.3, -0.25) is 4.79 Å². The number of benzene rings is 2. The Balaban J connectivity index is 1.40. The van der Waals surface area contributed by atoms with Crippen molar-refractivity contribution in [1.82, 2.24) is 4.98 Å². The molecule has 2 heterocycles. The number of oxazole rings is 1. The molecule has 36 heavy (non-hydrogen) atoms. The van der Waals surface area contributed by atoms with Crippen LogP contribution in [-0.2, 0) is 22.8 Å². The van der Waals surface area contributed by atoms with Crippen molar-refractivity contribution in [1.29, 1.82) is 0 Å². The summed E-state index contributed by atoms with van der Waals surface area (Å²) in [7, 11) is 1.56. The standard InChI is InChI=1S/C27H26N2O7/c1-18-22(28-27(36-18)24-9-6-14-33-24)17-34-23-12-10-19(15-25(23)32-2)16-35-29-21(11-13-26(30)31)20-7-4-3-5-8-20/h3-10,12,14-15H,11,13,16-17H2,1-2H3,(H,30,31)/b29-21+. The average Bonchev–Trinajstić information content (AvgIpc) is 3.55. The Morgan fingerprint density at radius 2 is 1.86 bits per heavy atom. The molecule has 9 nitrogen and oxygen atoms in total. The van der Waals surface area contributed by atoms with Gasteiger partial charge in [-0.05, 0) is 42.3 Å². The number of carboxylic acid groups (broad SMARTS) is 1. The van der Waals surface area contributed by atoms with Crippen molar-refractivity contribution in [3.63, 3.8) is 0 Å². The van der Waals surface area contributed by atoms with Gasteiger partial charge in [0.1, 0.15) is 24.7 Å². The van der Waals surface area contributed by atoms with E-state index >= 15 is 0 Å². The van der Waals surface area contributed by atoms with Crippen LogP contribution in [0.1, 0.15) is 35.4 Å². The topological polar surface area (TPSA) is 117 Å². The average molecular weight is 491 g/mol. The summed E-state index contributed by atoms with van der Waals surface area (Å²) in [4.78, 5) is 21.0. The fraction of sp³-hybridized carbons (Fsp3) is 0.222. The molecule has 0 fully saturated rings. The van der Waals surface area contributed by atoms with Crippen LogP contribution in [0.5, 0.6) is 11.5 Å². The summed E-state index contributed by atoms with van der Waals surface area (Å²) in [6, 6.07) is 18.3. The fourth-order valence-corrected chi connectivity index (χ4v) is 3.42. The van der Waals surface area contributed by atoms with Gasteiger partial charge in [0.05, 0.1) is 25.5 Å². The molecule has 0 aliphatic heterocycles. The minimum absolute atomic E-state index is 0.0368. The van der Waals surface area contributed by atoms with Crippen molar-refractivity contribution in [2.24, 2.45) is 5.16 Å². The number of carboxylic acids is 1. The Morgan fingerprint density at radius 3 is 2.58 bits per heavy atom. The zero-order valence-corrected chi connectivity index (χ0v) is 20.0. The first kappa shape index (κ1) is 24.6. The lowest BCUT2D eigenvalue weighted by Crippen LogP contribution is -2.06. The second kappa shape index (κ2) is 11.7. The van der Waals surface area contributed by atoms with Crippen LogP contribution in [0.2, 0.25) is 0 Å². The molecule has 1 N–H and O–H groups in total. The predicted octanol–water partition coefficient (Wildman–Crippen LogP) is 5.62. The molecule has 9 heteroatoms. The van der Waals surface area contributed by atoms with Gasteiger partial charge >= 0.3 is 5.97 Å². The third kappa shape index (κ3) is 6.32. The first-order chi connectivity index (χ1) is 17.5. The van der Waals surface area contributed by atoms with Gasteiger partial charge in [-0.15, -0.1) is 0 Å². The fourth-order valence-electron chi connectivity index (χ4n) is 3.42. The number of aliphatic carboxylic acids is 1. The zero-order valence-electron chi connectivity index (χ0n) is 20.0. The third-order valence-electron chi connectivity index (χ3n) is 5.31. The van der Waals surface area contributed by atoms with Gasteiger partial charge in [0.2, 0.25) is 0 Å². The number of methoxy groups -OCH3 is 1. The lowest BCUT2D eigenvalue weighted by atomic mass is 10.1. The first-order valence-electron chi connectivity index (χ1n) is 11.3. The van der Waals surface area contributed by atoms with Crippen molar-refractivity contribution < 1.29 is 33.0 Å². The summed E-state index contributed by atoms with van der Waals surface area (Å²) >= 11 is 0. The van der Waals surface area contributed by atoms with E-state index in [0.29, 0.717) is 40.3 Å². The van der Waals surface area contributed by atoms with Crippen LogP contribution >= 0.6 is 0 Å². The Labute approximate surface area is 207 Å². The molecule has 0 aliphatic carbocycles. The lowest BCUT2D eigenvalue weighted by molar-refractivity contribution is -0.136.